The SMILES string of the molecule is Cc1cc(C(=O)O)nc(Nc2cc[nH]c2)n1. The number of aryl methyl sites for hydroxylation is 1. The standard InChI is InChI=1S/C10H10N4O2/c1-6-4-8(9(15)16)14-10(12-6)13-7-2-3-11-5-7/h2-5,11H,1H3,(H,15,16)(H,12,13,14). The highest BCUT2D eigenvalue weighted by molar-refractivity contribution is 5.85. The summed E-state index contributed by atoms with van der Waals surface area (Å²) < 4.78 is 0. The summed E-state index contributed by atoms with van der Waals surface area (Å²) >= 11 is 0. The molecule has 0 atom stereocenters. The van der Waals surface area contributed by atoms with Crippen LogP contribution in [0.1, 0.15) is 16.2 Å². The topological polar surface area (TPSA) is 90.9 Å². The summed E-state index contributed by atoms with van der Waals surface area (Å²) in [6, 6.07) is 3.22. The van der Waals surface area contributed by atoms with Crippen molar-refractivity contribution in [1.82, 2.24) is 15.0 Å². The molecule has 0 aromatic carbocycles. The summed E-state index contributed by atoms with van der Waals surface area (Å²) in [5.41, 5.74) is 1.36. The molecular weight excluding hydrogens is 208 g/mol. The molecule has 3 N–H and O–H groups in total. The van der Waals surface area contributed by atoms with Gasteiger partial charge < -0.3 is 15.4 Å². The van der Waals surface area contributed by atoms with Crippen LogP contribution in [0.2, 0.25) is 0 Å². The van der Waals surface area contributed by atoms with Crippen LogP contribution in [0.15, 0.2) is 24.5 Å². The van der Waals surface area contributed by atoms with Crippen LogP contribution in [0.5, 0.6) is 0 Å². The number of anilines is 2. The number of aromatic nitrogens is 3. The first kappa shape index (κ1) is 10.2. The molecule has 0 radical (unpaired) electrons. The molecule has 0 unspecified atom stereocenters. The van der Waals surface area contributed by atoms with Gasteiger partial charge in [0.15, 0.2) is 5.69 Å². The molecular formula is C10H10N4O2. The Labute approximate surface area is 91.4 Å². The second kappa shape index (κ2) is 4.01. The van der Waals surface area contributed by atoms with Crippen LogP contribution in [0.4, 0.5) is 11.6 Å². The van der Waals surface area contributed by atoms with Gasteiger partial charge in [-0.15, -0.1) is 0 Å². The molecule has 0 aliphatic rings. The van der Waals surface area contributed by atoms with Crippen molar-refractivity contribution >= 4 is 17.6 Å². The van der Waals surface area contributed by atoms with Gasteiger partial charge in [0, 0.05) is 18.1 Å². The largest absolute Gasteiger partial charge is 0.477 e. The van der Waals surface area contributed by atoms with Crippen molar-refractivity contribution in [1.29, 1.82) is 0 Å². The van der Waals surface area contributed by atoms with Gasteiger partial charge in [-0.3, -0.25) is 0 Å². The molecule has 6 nitrogen and oxygen atoms in total. The number of carboxylic acid groups (broad SMARTS) is 1. The van der Waals surface area contributed by atoms with Crippen LogP contribution in [-0.4, -0.2) is 26.0 Å². The molecule has 0 aliphatic carbocycles. The van der Waals surface area contributed by atoms with Gasteiger partial charge in [-0.2, -0.15) is 0 Å². The van der Waals surface area contributed by atoms with Crippen molar-refractivity contribution in [2.24, 2.45) is 0 Å². The molecule has 0 saturated heterocycles. The zero-order valence-electron chi connectivity index (χ0n) is 8.56. The van der Waals surface area contributed by atoms with Gasteiger partial charge in [-0.05, 0) is 19.1 Å². The van der Waals surface area contributed by atoms with Crippen molar-refractivity contribution in [3.63, 3.8) is 0 Å². The molecule has 0 fully saturated rings. The smallest absolute Gasteiger partial charge is 0.354 e. The van der Waals surface area contributed by atoms with E-state index in [9.17, 15) is 4.79 Å². The van der Waals surface area contributed by atoms with Crippen molar-refractivity contribution in [2.75, 3.05) is 5.32 Å². The maximum atomic E-state index is 10.8. The van der Waals surface area contributed by atoms with E-state index in [2.05, 4.69) is 20.3 Å². The zero-order chi connectivity index (χ0) is 11.5. The molecule has 16 heavy (non-hydrogen) atoms. The van der Waals surface area contributed by atoms with Crippen LogP contribution in [0, 0.1) is 6.92 Å². The van der Waals surface area contributed by atoms with Crippen LogP contribution in [0.25, 0.3) is 0 Å². The minimum Gasteiger partial charge on any atom is -0.477 e. The first-order chi connectivity index (χ1) is 7.65. The second-order valence-corrected chi connectivity index (χ2v) is 3.25. The van der Waals surface area contributed by atoms with E-state index in [1.165, 1.54) is 6.07 Å². The Balaban J connectivity index is 2.31. The first-order valence-corrected chi connectivity index (χ1v) is 4.64. The number of hydrogen-bond donors (Lipinski definition) is 3. The minimum absolute atomic E-state index is 0.0227. The van der Waals surface area contributed by atoms with Gasteiger partial charge in [0.25, 0.3) is 0 Å². The van der Waals surface area contributed by atoms with Gasteiger partial charge in [0.2, 0.25) is 5.95 Å². The molecule has 2 aromatic rings. The number of nitrogens with one attached hydrogen (secondary N) is 2. The quantitative estimate of drug-likeness (QED) is 0.727. The number of carbonyl (C=O) groups is 1. The highest BCUT2D eigenvalue weighted by Crippen LogP contribution is 2.12. The van der Waals surface area contributed by atoms with E-state index >= 15 is 0 Å². The number of H-pyrrole nitrogens is 1. The molecule has 0 spiro atoms. The lowest BCUT2D eigenvalue weighted by atomic mass is 10.3. The molecule has 2 rings (SSSR count). The summed E-state index contributed by atoms with van der Waals surface area (Å²) in [6.07, 6.45) is 3.47. The molecule has 0 amide bonds. The van der Waals surface area contributed by atoms with E-state index in [0.717, 1.165) is 5.69 Å². The summed E-state index contributed by atoms with van der Waals surface area (Å²) in [7, 11) is 0. The fraction of sp³-hybridized carbons (Fsp3) is 0.100. The number of aromatic carboxylic acids is 1. The predicted molar refractivity (Wildman–Crippen MR) is 57.8 cm³/mol. The summed E-state index contributed by atoms with van der Waals surface area (Å²) in [5.74, 6) is -0.792. The van der Waals surface area contributed by atoms with Gasteiger partial charge in [0.05, 0.1) is 5.69 Å². The molecule has 0 saturated carbocycles. The lowest BCUT2D eigenvalue weighted by molar-refractivity contribution is 0.0690. The Kier molecular flexibility index (Phi) is 2.55. The minimum atomic E-state index is -1.07. The maximum Gasteiger partial charge on any atom is 0.354 e. The maximum absolute atomic E-state index is 10.8. The normalized spacial score (nSPS) is 10.1. The number of nitrogens with zero attached hydrogens (tertiary/aromatic N) is 2. The first-order valence-electron chi connectivity index (χ1n) is 4.64. The van der Waals surface area contributed by atoms with E-state index in [0.29, 0.717) is 5.69 Å². The number of hydrogen-bond acceptors (Lipinski definition) is 4. The Morgan fingerprint density at radius 2 is 2.31 bits per heavy atom. The average molecular weight is 218 g/mol. The van der Waals surface area contributed by atoms with E-state index in [-0.39, 0.29) is 11.6 Å². The Morgan fingerprint density at radius 1 is 1.50 bits per heavy atom. The molecule has 2 aromatic heterocycles. The third-order valence-corrected chi connectivity index (χ3v) is 1.93. The monoisotopic (exact) mass is 218 g/mol. The predicted octanol–water partition coefficient (Wildman–Crippen LogP) is 1.55. The highest BCUT2D eigenvalue weighted by atomic mass is 16.4. The van der Waals surface area contributed by atoms with Crippen molar-refractivity contribution in [2.45, 2.75) is 6.92 Å². The van der Waals surface area contributed by atoms with Crippen molar-refractivity contribution in [3.05, 3.63) is 35.9 Å². The number of aromatic amines is 1. The second-order valence-electron chi connectivity index (χ2n) is 3.25. The van der Waals surface area contributed by atoms with E-state index in [1.807, 2.05) is 0 Å². The van der Waals surface area contributed by atoms with Crippen LogP contribution >= 0.6 is 0 Å². The van der Waals surface area contributed by atoms with Crippen molar-refractivity contribution in [3.8, 4) is 0 Å². The van der Waals surface area contributed by atoms with Gasteiger partial charge in [0.1, 0.15) is 0 Å². The van der Waals surface area contributed by atoms with Crippen molar-refractivity contribution < 1.29 is 9.90 Å². The lowest BCUT2D eigenvalue weighted by Gasteiger charge is -2.04. The molecule has 0 bridgehead atoms. The summed E-state index contributed by atoms with van der Waals surface area (Å²) in [5, 5.41) is 11.7. The Morgan fingerprint density at radius 3 is 2.94 bits per heavy atom. The van der Waals surface area contributed by atoms with E-state index < -0.39 is 5.97 Å². The number of rotatable bonds is 3. The highest BCUT2D eigenvalue weighted by Gasteiger charge is 2.08. The molecule has 6 heteroatoms. The zero-order valence-corrected chi connectivity index (χ0v) is 8.56. The molecule has 82 valence electrons. The lowest BCUT2D eigenvalue weighted by Crippen LogP contribution is -2.06. The van der Waals surface area contributed by atoms with E-state index in [4.69, 9.17) is 5.11 Å². The van der Waals surface area contributed by atoms with Gasteiger partial charge in [-0.25, -0.2) is 14.8 Å². The average Bonchev–Trinajstić information content (AvgIpc) is 2.69. The third-order valence-electron chi connectivity index (χ3n) is 1.93. The Bertz CT molecular complexity index is 508. The van der Waals surface area contributed by atoms with E-state index in [1.54, 1.807) is 25.4 Å². The summed E-state index contributed by atoms with van der Waals surface area (Å²) in [4.78, 5) is 21.6. The number of carboxylic acids is 1. The molecule has 2 heterocycles. The Hall–Kier alpha value is -2.37. The van der Waals surface area contributed by atoms with Crippen LogP contribution < -0.4 is 5.32 Å². The summed E-state index contributed by atoms with van der Waals surface area (Å²) in [6.45, 7) is 1.72. The third kappa shape index (κ3) is 2.17. The van der Waals surface area contributed by atoms with Crippen LogP contribution in [-0.2, 0) is 0 Å². The van der Waals surface area contributed by atoms with Gasteiger partial charge in [-0.1, -0.05) is 0 Å². The van der Waals surface area contributed by atoms with Crippen LogP contribution in [0.3, 0.4) is 0 Å². The molecule has 0 aliphatic heterocycles. The fourth-order valence-corrected chi connectivity index (χ4v) is 1.26. The fourth-order valence-electron chi connectivity index (χ4n) is 1.26. The van der Waals surface area contributed by atoms with Gasteiger partial charge >= 0.3 is 5.97 Å².